The molecule has 0 fully saturated rings. The van der Waals surface area contributed by atoms with Crippen LogP contribution < -0.4 is 10.6 Å². The van der Waals surface area contributed by atoms with Gasteiger partial charge in [-0.3, -0.25) is 19.6 Å². The zero-order valence-corrected chi connectivity index (χ0v) is 13.3. The number of nitrogens with one attached hydrogen (secondary N) is 2. The highest BCUT2D eigenvalue weighted by atomic mass is 17.1. The third kappa shape index (κ3) is 7.34. The van der Waals surface area contributed by atoms with Crippen LogP contribution in [-0.4, -0.2) is 62.6 Å². The third-order valence-electron chi connectivity index (χ3n) is 3.19. The second-order valence-electron chi connectivity index (χ2n) is 4.67. The molecule has 3 N–H and O–H groups in total. The van der Waals surface area contributed by atoms with E-state index in [4.69, 9.17) is 5.26 Å². The van der Waals surface area contributed by atoms with Gasteiger partial charge in [-0.15, -0.1) is 0 Å². The largest absolute Gasteiger partial charge is 0.469 e. The van der Waals surface area contributed by atoms with Crippen molar-refractivity contribution in [2.24, 2.45) is 0 Å². The SMILES string of the molecule is CNC(CC(=O)NC(CCC(=O)OC)C(C)OO)C(=O)OC. The van der Waals surface area contributed by atoms with Crippen molar-refractivity contribution < 1.29 is 34.0 Å². The van der Waals surface area contributed by atoms with Crippen LogP contribution in [0.1, 0.15) is 26.2 Å². The van der Waals surface area contributed by atoms with Crippen LogP contribution in [0, 0.1) is 0 Å². The summed E-state index contributed by atoms with van der Waals surface area (Å²) in [6, 6.07) is -1.39. The minimum Gasteiger partial charge on any atom is -0.469 e. The quantitative estimate of drug-likeness (QED) is 0.278. The average Bonchev–Trinajstić information content (AvgIpc) is 2.54. The first kappa shape index (κ1) is 20.3. The molecule has 3 unspecified atom stereocenters. The molecule has 0 saturated heterocycles. The highest BCUT2D eigenvalue weighted by Crippen LogP contribution is 2.07. The Morgan fingerprint density at radius 2 is 1.82 bits per heavy atom. The van der Waals surface area contributed by atoms with Crippen LogP contribution in [0.3, 0.4) is 0 Å². The van der Waals surface area contributed by atoms with E-state index >= 15 is 0 Å². The number of rotatable bonds is 10. The molecule has 0 radical (unpaired) electrons. The van der Waals surface area contributed by atoms with Gasteiger partial charge in [0.1, 0.15) is 12.1 Å². The van der Waals surface area contributed by atoms with Crippen LogP contribution in [-0.2, 0) is 28.7 Å². The molecule has 128 valence electrons. The average molecular weight is 320 g/mol. The Morgan fingerprint density at radius 1 is 1.18 bits per heavy atom. The predicted octanol–water partition coefficient (Wildman–Crippen LogP) is -0.546. The van der Waals surface area contributed by atoms with Crippen molar-refractivity contribution in [3.63, 3.8) is 0 Å². The zero-order valence-electron chi connectivity index (χ0n) is 13.3. The summed E-state index contributed by atoms with van der Waals surface area (Å²) in [6.45, 7) is 1.54. The minimum atomic E-state index is -0.781. The summed E-state index contributed by atoms with van der Waals surface area (Å²) in [5, 5.41) is 14.0. The summed E-state index contributed by atoms with van der Waals surface area (Å²) in [7, 11) is 4.02. The first-order valence-corrected chi connectivity index (χ1v) is 6.81. The van der Waals surface area contributed by atoms with Gasteiger partial charge in [-0.2, -0.15) is 0 Å². The highest BCUT2D eigenvalue weighted by Gasteiger charge is 2.25. The normalized spacial score (nSPS) is 14.6. The Labute approximate surface area is 129 Å². The second kappa shape index (κ2) is 10.9. The minimum absolute atomic E-state index is 0.0571. The number of esters is 2. The maximum Gasteiger partial charge on any atom is 0.323 e. The number of carbonyl (C=O) groups is 3. The molecule has 9 nitrogen and oxygen atoms in total. The number of hydrogen-bond donors (Lipinski definition) is 3. The molecule has 9 heteroatoms. The van der Waals surface area contributed by atoms with E-state index in [-0.39, 0.29) is 19.3 Å². The summed E-state index contributed by atoms with van der Waals surface area (Å²) in [4.78, 5) is 38.7. The fourth-order valence-electron chi connectivity index (χ4n) is 1.77. The smallest absolute Gasteiger partial charge is 0.323 e. The molecule has 1 amide bonds. The summed E-state index contributed by atoms with van der Waals surface area (Å²) in [5.41, 5.74) is 0. The van der Waals surface area contributed by atoms with Crippen molar-refractivity contribution in [1.29, 1.82) is 0 Å². The lowest BCUT2D eigenvalue weighted by atomic mass is 10.1. The van der Waals surface area contributed by atoms with Crippen molar-refractivity contribution in [2.45, 2.75) is 44.4 Å². The summed E-state index contributed by atoms with van der Waals surface area (Å²) < 4.78 is 9.08. The Kier molecular flexibility index (Phi) is 10.1. The molecule has 0 heterocycles. The maximum atomic E-state index is 12.0. The van der Waals surface area contributed by atoms with E-state index in [9.17, 15) is 14.4 Å². The van der Waals surface area contributed by atoms with Crippen molar-refractivity contribution >= 4 is 17.8 Å². The van der Waals surface area contributed by atoms with E-state index in [2.05, 4.69) is 25.0 Å². The van der Waals surface area contributed by atoms with Gasteiger partial charge in [-0.25, -0.2) is 4.89 Å². The molecule has 22 heavy (non-hydrogen) atoms. The fraction of sp³-hybridized carbons (Fsp3) is 0.769. The number of methoxy groups -OCH3 is 2. The van der Waals surface area contributed by atoms with Gasteiger partial charge in [0.25, 0.3) is 0 Å². The second-order valence-corrected chi connectivity index (χ2v) is 4.67. The van der Waals surface area contributed by atoms with E-state index in [0.29, 0.717) is 0 Å². The van der Waals surface area contributed by atoms with E-state index < -0.39 is 36.0 Å². The van der Waals surface area contributed by atoms with Gasteiger partial charge in [0, 0.05) is 6.42 Å². The van der Waals surface area contributed by atoms with Crippen LogP contribution in [0.5, 0.6) is 0 Å². The van der Waals surface area contributed by atoms with Gasteiger partial charge < -0.3 is 20.1 Å². The Hall–Kier alpha value is -1.71. The van der Waals surface area contributed by atoms with Crippen LogP contribution in [0.4, 0.5) is 0 Å². The Morgan fingerprint density at radius 3 is 2.27 bits per heavy atom. The topological polar surface area (TPSA) is 123 Å². The molecular formula is C13H24N2O7. The van der Waals surface area contributed by atoms with Crippen molar-refractivity contribution in [3.8, 4) is 0 Å². The molecule has 0 rings (SSSR count). The van der Waals surface area contributed by atoms with Gasteiger partial charge in [0.2, 0.25) is 5.91 Å². The van der Waals surface area contributed by atoms with Gasteiger partial charge in [0.05, 0.1) is 26.7 Å². The Balaban J connectivity index is 4.60. The molecule has 0 bridgehead atoms. The first-order chi connectivity index (χ1) is 10.4. The maximum absolute atomic E-state index is 12.0. The molecule has 3 atom stereocenters. The Bertz CT molecular complexity index is 375. The van der Waals surface area contributed by atoms with Crippen molar-refractivity contribution in [3.05, 3.63) is 0 Å². The molecule has 0 aromatic heterocycles. The standard InChI is InChI=1S/C13H24N2O7/c1-8(22-19)9(5-6-12(17)20-3)15-11(16)7-10(14-2)13(18)21-4/h8-10,14,19H,5-7H2,1-4H3,(H,15,16). The van der Waals surface area contributed by atoms with Crippen LogP contribution in [0.2, 0.25) is 0 Å². The van der Waals surface area contributed by atoms with Gasteiger partial charge in [-0.1, -0.05) is 0 Å². The fourth-order valence-corrected chi connectivity index (χ4v) is 1.77. The highest BCUT2D eigenvalue weighted by molar-refractivity contribution is 5.85. The van der Waals surface area contributed by atoms with Crippen LogP contribution in [0.15, 0.2) is 0 Å². The molecule has 0 saturated carbocycles. The summed E-state index contributed by atoms with van der Waals surface area (Å²) in [6.07, 6.45) is -0.583. The van der Waals surface area contributed by atoms with E-state index in [1.165, 1.54) is 28.2 Å². The molecule has 0 aliphatic carbocycles. The van der Waals surface area contributed by atoms with Gasteiger partial charge in [0.15, 0.2) is 0 Å². The first-order valence-electron chi connectivity index (χ1n) is 6.81. The summed E-state index contributed by atoms with van der Waals surface area (Å²) >= 11 is 0. The number of amides is 1. The van der Waals surface area contributed by atoms with Crippen molar-refractivity contribution in [2.75, 3.05) is 21.3 Å². The molecule has 0 spiro atoms. The predicted molar refractivity (Wildman–Crippen MR) is 75.8 cm³/mol. The zero-order chi connectivity index (χ0) is 17.1. The number of likely N-dealkylation sites (N-methyl/N-ethyl adjacent to an activating group) is 1. The molecular weight excluding hydrogens is 296 g/mol. The molecule has 0 aromatic rings. The van der Waals surface area contributed by atoms with Crippen LogP contribution >= 0.6 is 0 Å². The van der Waals surface area contributed by atoms with Crippen LogP contribution in [0.25, 0.3) is 0 Å². The van der Waals surface area contributed by atoms with Gasteiger partial charge in [-0.05, 0) is 20.4 Å². The van der Waals surface area contributed by atoms with E-state index in [1.54, 1.807) is 0 Å². The number of hydrogen-bond acceptors (Lipinski definition) is 8. The third-order valence-corrected chi connectivity index (χ3v) is 3.19. The van der Waals surface area contributed by atoms with E-state index in [1.807, 2.05) is 0 Å². The summed E-state index contributed by atoms with van der Waals surface area (Å²) in [5.74, 6) is -1.44. The lowest BCUT2D eigenvalue weighted by Crippen LogP contribution is -2.46. The molecule has 0 aliphatic heterocycles. The van der Waals surface area contributed by atoms with E-state index in [0.717, 1.165) is 0 Å². The van der Waals surface area contributed by atoms with Gasteiger partial charge >= 0.3 is 11.9 Å². The molecule has 0 aliphatic rings. The monoisotopic (exact) mass is 320 g/mol. The number of carbonyl (C=O) groups excluding carboxylic acids is 3. The van der Waals surface area contributed by atoms with Crippen molar-refractivity contribution in [1.82, 2.24) is 10.6 Å². The number of ether oxygens (including phenoxy) is 2. The molecule has 0 aromatic carbocycles. The lowest BCUT2D eigenvalue weighted by Gasteiger charge is -2.23. The lowest BCUT2D eigenvalue weighted by molar-refractivity contribution is -0.279.